The van der Waals surface area contributed by atoms with Crippen molar-refractivity contribution in [3.05, 3.63) is 58.4 Å². The molecule has 180 valence electrons. The number of aryl methyl sites for hydroxylation is 1. The highest BCUT2D eigenvalue weighted by molar-refractivity contribution is 8.00. The van der Waals surface area contributed by atoms with Crippen LogP contribution in [-0.2, 0) is 11.2 Å². The summed E-state index contributed by atoms with van der Waals surface area (Å²) in [7, 11) is 0. The number of hydrogen-bond acceptors (Lipinski definition) is 4. The number of carbonyl (C=O) groups is 1. The third-order valence-electron chi connectivity index (χ3n) is 7.68. The average Bonchev–Trinajstić information content (AvgIpc) is 3.21. The molecule has 1 saturated heterocycles. The molecular weight excluding hydrogens is 440 g/mol. The minimum Gasteiger partial charge on any atom is -0.481 e. The molecule has 34 heavy (non-hydrogen) atoms. The number of piperidine rings is 1. The normalized spacial score (nSPS) is 20.5. The van der Waals surface area contributed by atoms with Crippen LogP contribution in [0.25, 0.3) is 5.57 Å². The number of pyridine rings is 1. The smallest absolute Gasteiger partial charge is 0.311 e. The largest absolute Gasteiger partial charge is 0.481 e. The summed E-state index contributed by atoms with van der Waals surface area (Å²) in [6, 6.07) is 8.97. The van der Waals surface area contributed by atoms with E-state index in [4.69, 9.17) is 4.98 Å². The second-order valence-corrected chi connectivity index (χ2v) is 11.3. The van der Waals surface area contributed by atoms with Crippen LogP contribution in [0.5, 0.6) is 0 Å². The van der Waals surface area contributed by atoms with Crippen LogP contribution in [-0.4, -0.2) is 34.4 Å². The van der Waals surface area contributed by atoms with Crippen LogP contribution in [0.3, 0.4) is 0 Å². The number of thioether (sulfide) groups is 1. The van der Waals surface area contributed by atoms with E-state index in [0.29, 0.717) is 18.1 Å². The Labute approximate surface area is 207 Å². The van der Waals surface area contributed by atoms with Gasteiger partial charge in [-0.15, -0.1) is 11.8 Å². The van der Waals surface area contributed by atoms with Gasteiger partial charge in [0.2, 0.25) is 0 Å². The van der Waals surface area contributed by atoms with Crippen LogP contribution in [0.2, 0.25) is 0 Å². The molecule has 1 aromatic heterocycles. The first-order valence-corrected chi connectivity index (χ1v) is 13.9. The quantitative estimate of drug-likeness (QED) is 0.467. The lowest BCUT2D eigenvalue weighted by Gasteiger charge is -2.29. The zero-order chi connectivity index (χ0) is 23.7. The molecule has 0 saturated carbocycles. The summed E-state index contributed by atoms with van der Waals surface area (Å²) in [6.45, 7) is 6.53. The summed E-state index contributed by atoms with van der Waals surface area (Å²) in [5, 5.41) is 10.6. The first kappa shape index (κ1) is 23.5. The van der Waals surface area contributed by atoms with Gasteiger partial charge in [-0.3, -0.25) is 9.78 Å². The van der Waals surface area contributed by atoms with E-state index in [1.807, 2.05) is 11.8 Å². The number of nitrogens with zero attached hydrogens (tertiary/aromatic N) is 2. The minimum absolute atomic E-state index is 0.486. The van der Waals surface area contributed by atoms with Crippen LogP contribution in [0.4, 0.5) is 5.69 Å². The summed E-state index contributed by atoms with van der Waals surface area (Å²) in [6.07, 6.45) is 11.9. The number of rotatable bonds is 7. The number of carboxylic acid groups (broad SMARTS) is 1. The van der Waals surface area contributed by atoms with Crippen molar-refractivity contribution in [2.24, 2.45) is 0 Å². The second kappa shape index (κ2) is 10.2. The number of aliphatic carboxylic acids is 1. The highest BCUT2D eigenvalue weighted by Crippen LogP contribution is 2.49. The van der Waals surface area contributed by atoms with Gasteiger partial charge in [0, 0.05) is 41.0 Å². The van der Waals surface area contributed by atoms with Crippen molar-refractivity contribution in [2.45, 2.75) is 87.7 Å². The predicted octanol–water partition coefficient (Wildman–Crippen LogP) is 6.98. The van der Waals surface area contributed by atoms with Gasteiger partial charge in [-0.2, -0.15) is 0 Å². The fourth-order valence-corrected chi connectivity index (χ4v) is 7.16. The van der Waals surface area contributed by atoms with Crippen LogP contribution >= 0.6 is 11.8 Å². The Morgan fingerprint density at radius 2 is 2.03 bits per heavy atom. The summed E-state index contributed by atoms with van der Waals surface area (Å²) in [5.74, 6) is -1.23. The summed E-state index contributed by atoms with van der Waals surface area (Å²) >= 11 is 1.89. The number of benzene rings is 1. The number of carboxylic acids is 1. The van der Waals surface area contributed by atoms with Gasteiger partial charge in [0.15, 0.2) is 0 Å². The summed E-state index contributed by atoms with van der Waals surface area (Å²) in [5.41, 5.74) is 8.16. The van der Waals surface area contributed by atoms with E-state index in [1.54, 1.807) is 0 Å². The zero-order valence-electron chi connectivity index (χ0n) is 20.5. The zero-order valence-corrected chi connectivity index (χ0v) is 21.3. The van der Waals surface area contributed by atoms with E-state index in [0.717, 1.165) is 42.9 Å². The van der Waals surface area contributed by atoms with Crippen molar-refractivity contribution in [1.82, 2.24) is 4.98 Å². The van der Waals surface area contributed by atoms with Crippen molar-refractivity contribution in [2.75, 3.05) is 18.0 Å². The molecular formula is C29H36N2O2S. The lowest BCUT2D eigenvalue weighted by Crippen LogP contribution is -2.29. The van der Waals surface area contributed by atoms with E-state index in [9.17, 15) is 9.90 Å². The first-order valence-electron chi connectivity index (χ1n) is 13.0. The van der Waals surface area contributed by atoms with Gasteiger partial charge in [-0.1, -0.05) is 25.5 Å². The highest BCUT2D eigenvalue weighted by Gasteiger charge is 2.33. The number of hydrogen-bond donors (Lipinski definition) is 1. The Bertz CT molecular complexity index is 1100. The molecule has 2 atom stereocenters. The Balaban J connectivity index is 1.52. The SMILES string of the molecule is CCCC(C(=O)O)c1cc2c(nc1Cc1ccc(N3CCCCC3)cc1C)C1=CCCCC1S2. The van der Waals surface area contributed by atoms with E-state index in [-0.39, 0.29) is 0 Å². The maximum atomic E-state index is 12.3. The van der Waals surface area contributed by atoms with Gasteiger partial charge >= 0.3 is 5.97 Å². The molecule has 3 aliphatic rings. The van der Waals surface area contributed by atoms with Crippen LogP contribution in [0.1, 0.15) is 92.3 Å². The van der Waals surface area contributed by atoms with E-state index in [1.165, 1.54) is 59.4 Å². The lowest BCUT2D eigenvalue weighted by molar-refractivity contribution is -0.139. The van der Waals surface area contributed by atoms with E-state index >= 15 is 0 Å². The van der Waals surface area contributed by atoms with Crippen molar-refractivity contribution in [1.29, 1.82) is 0 Å². The summed E-state index contributed by atoms with van der Waals surface area (Å²) < 4.78 is 0. The molecule has 1 aliphatic carbocycles. The molecule has 5 rings (SSSR count). The molecule has 0 amide bonds. The topological polar surface area (TPSA) is 53.4 Å². The van der Waals surface area contributed by atoms with E-state index in [2.05, 4.69) is 49.1 Å². The Morgan fingerprint density at radius 1 is 1.21 bits per heavy atom. The van der Waals surface area contributed by atoms with Crippen LogP contribution in [0, 0.1) is 6.92 Å². The molecule has 0 spiro atoms. The molecule has 3 heterocycles. The molecule has 2 aliphatic heterocycles. The third-order valence-corrected chi connectivity index (χ3v) is 9.02. The first-order chi connectivity index (χ1) is 16.5. The fourth-order valence-electron chi connectivity index (χ4n) is 5.77. The molecule has 1 N–H and O–H groups in total. The van der Waals surface area contributed by atoms with E-state index < -0.39 is 11.9 Å². The van der Waals surface area contributed by atoms with Crippen LogP contribution in [0.15, 0.2) is 35.2 Å². The molecule has 2 unspecified atom stereocenters. The third kappa shape index (κ3) is 4.64. The molecule has 1 aromatic carbocycles. The number of fused-ring (bicyclic) bond motifs is 3. The highest BCUT2D eigenvalue weighted by atomic mass is 32.2. The Hall–Kier alpha value is -2.27. The molecule has 2 aromatic rings. The number of aromatic nitrogens is 1. The molecule has 5 heteroatoms. The van der Waals surface area contributed by atoms with Gasteiger partial charge in [0.05, 0.1) is 11.6 Å². The van der Waals surface area contributed by atoms with Gasteiger partial charge < -0.3 is 10.0 Å². The average molecular weight is 477 g/mol. The fraction of sp³-hybridized carbons (Fsp3) is 0.517. The van der Waals surface area contributed by atoms with Crippen molar-refractivity contribution >= 4 is 29.0 Å². The van der Waals surface area contributed by atoms with Gasteiger partial charge in [0.1, 0.15) is 0 Å². The number of allylic oxidation sites excluding steroid dienone is 1. The lowest BCUT2D eigenvalue weighted by atomic mass is 9.89. The molecule has 0 radical (unpaired) electrons. The molecule has 1 fully saturated rings. The van der Waals surface area contributed by atoms with Crippen molar-refractivity contribution in [3.63, 3.8) is 0 Å². The standard InChI is InChI=1S/C29H36N2O2S/c1-3-9-22(29(32)33)24-18-27-28(23-10-5-6-11-26(23)34-27)30-25(24)17-20-12-13-21(16-19(20)2)31-14-7-4-8-15-31/h10,12-13,16,18,22,26H,3-9,11,14-15,17H2,1-2H3,(H,32,33). The Morgan fingerprint density at radius 3 is 2.76 bits per heavy atom. The minimum atomic E-state index is -0.735. The van der Waals surface area contributed by atoms with Crippen molar-refractivity contribution in [3.8, 4) is 0 Å². The molecule has 4 nitrogen and oxygen atoms in total. The second-order valence-electron chi connectivity index (χ2n) is 10.1. The van der Waals surface area contributed by atoms with Gasteiger partial charge in [-0.25, -0.2) is 0 Å². The summed E-state index contributed by atoms with van der Waals surface area (Å²) in [4.78, 5) is 21.2. The van der Waals surface area contributed by atoms with Crippen molar-refractivity contribution < 1.29 is 9.90 Å². The monoisotopic (exact) mass is 476 g/mol. The predicted molar refractivity (Wildman–Crippen MR) is 141 cm³/mol. The van der Waals surface area contributed by atoms with Crippen LogP contribution < -0.4 is 4.90 Å². The maximum absolute atomic E-state index is 12.3. The Kier molecular flexibility index (Phi) is 7.01. The van der Waals surface area contributed by atoms with Gasteiger partial charge in [-0.05, 0) is 92.3 Å². The number of anilines is 1. The maximum Gasteiger partial charge on any atom is 0.311 e. The molecule has 0 bridgehead atoms. The van der Waals surface area contributed by atoms with Gasteiger partial charge in [0.25, 0.3) is 0 Å².